The van der Waals surface area contributed by atoms with E-state index in [0.29, 0.717) is 5.70 Å². The molecule has 0 saturated carbocycles. The van der Waals surface area contributed by atoms with Gasteiger partial charge < -0.3 is 11.1 Å². The normalized spacial score (nSPS) is 14.8. The zero-order valence-corrected chi connectivity index (χ0v) is 13.3. The van der Waals surface area contributed by atoms with Gasteiger partial charge >= 0.3 is 6.03 Å². The maximum atomic E-state index is 12.5. The molecule has 0 radical (unpaired) electrons. The van der Waals surface area contributed by atoms with Crippen LogP contribution in [0.25, 0.3) is 0 Å². The number of para-hydroxylation sites is 2. The van der Waals surface area contributed by atoms with Gasteiger partial charge in [0.15, 0.2) is 0 Å². The largest absolute Gasteiger partial charge is 0.351 e. The van der Waals surface area contributed by atoms with Crippen molar-refractivity contribution in [2.24, 2.45) is 5.73 Å². The predicted octanol–water partition coefficient (Wildman–Crippen LogP) is 2.40. The Morgan fingerprint density at radius 2 is 1.54 bits per heavy atom. The number of allylic oxidation sites excluding steroid dienone is 1. The van der Waals surface area contributed by atoms with Crippen LogP contribution in [0, 0.1) is 0 Å². The number of nitrogens with one attached hydrogen (secondary N) is 1. The van der Waals surface area contributed by atoms with E-state index in [2.05, 4.69) is 5.32 Å². The van der Waals surface area contributed by atoms with Crippen LogP contribution in [0.15, 0.2) is 72.1 Å². The van der Waals surface area contributed by atoms with Gasteiger partial charge in [0.05, 0.1) is 17.1 Å². The van der Waals surface area contributed by atoms with Crippen LogP contribution in [-0.2, 0) is 4.79 Å². The van der Waals surface area contributed by atoms with Crippen LogP contribution < -0.4 is 21.1 Å². The summed E-state index contributed by atoms with van der Waals surface area (Å²) in [5.41, 5.74) is 7.81. The third-order valence-corrected chi connectivity index (χ3v) is 3.80. The van der Waals surface area contributed by atoms with Crippen molar-refractivity contribution in [3.8, 4) is 0 Å². The Labute approximate surface area is 140 Å². The molecule has 0 spiro atoms. The van der Waals surface area contributed by atoms with Gasteiger partial charge in [-0.1, -0.05) is 36.4 Å². The Balaban J connectivity index is 2.12. The molecule has 6 heteroatoms. The summed E-state index contributed by atoms with van der Waals surface area (Å²) in [6, 6.07) is 18.5. The number of carbonyl (C=O) groups excluding carboxylic acids is 2. The quantitative estimate of drug-likeness (QED) is 0.909. The molecule has 3 rings (SSSR count). The molecule has 2 aromatic carbocycles. The van der Waals surface area contributed by atoms with Gasteiger partial charge in [-0.3, -0.25) is 14.8 Å². The van der Waals surface area contributed by atoms with Gasteiger partial charge in [0.2, 0.25) is 5.78 Å². The number of nitrogens with two attached hydrogens (primary N) is 1. The minimum absolute atomic E-state index is 0.103. The maximum Gasteiger partial charge on any atom is 0.316 e. The number of hydrogen-bond acceptors (Lipinski definition) is 4. The Morgan fingerprint density at radius 3 is 2.08 bits per heavy atom. The molecule has 0 bridgehead atoms. The number of nitrogens with zero attached hydrogens (tertiary/aromatic N) is 2. The monoisotopic (exact) mass is 322 g/mol. The summed E-state index contributed by atoms with van der Waals surface area (Å²) in [5, 5.41) is 6.23. The lowest BCUT2D eigenvalue weighted by molar-refractivity contribution is -0.115. The lowest BCUT2D eigenvalue weighted by atomic mass is 10.1. The molecule has 24 heavy (non-hydrogen) atoms. The van der Waals surface area contributed by atoms with Gasteiger partial charge in [0.1, 0.15) is 12.2 Å². The Hall–Kier alpha value is -3.28. The van der Waals surface area contributed by atoms with Gasteiger partial charge in [0.25, 0.3) is 0 Å². The number of anilines is 2. The van der Waals surface area contributed by atoms with Crippen LogP contribution in [0.2, 0.25) is 0 Å². The highest BCUT2D eigenvalue weighted by Crippen LogP contribution is 2.30. The number of ketones is 1. The third kappa shape index (κ3) is 2.94. The molecule has 0 aromatic heterocycles. The summed E-state index contributed by atoms with van der Waals surface area (Å²) in [7, 11) is 0. The van der Waals surface area contributed by atoms with Crippen molar-refractivity contribution in [2.75, 3.05) is 16.6 Å². The molecule has 2 amide bonds. The number of rotatable bonds is 3. The van der Waals surface area contributed by atoms with Crippen molar-refractivity contribution >= 4 is 23.2 Å². The van der Waals surface area contributed by atoms with Crippen LogP contribution in [0.4, 0.5) is 16.2 Å². The average molecular weight is 322 g/mol. The number of Topliss-reactive ketones (excluding diaryl/α,β-unsaturated/α-hetero) is 1. The first-order valence-corrected chi connectivity index (χ1v) is 7.56. The van der Waals surface area contributed by atoms with E-state index in [1.54, 1.807) is 6.92 Å². The predicted molar refractivity (Wildman–Crippen MR) is 93.1 cm³/mol. The summed E-state index contributed by atoms with van der Waals surface area (Å²) in [4.78, 5) is 23.8. The van der Waals surface area contributed by atoms with Crippen molar-refractivity contribution in [1.82, 2.24) is 5.32 Å². The van der Waals surface area contributed by atoms with Crippen LogP contribution >= 0.6 is 0 Å². The van der Waals surface area contributed by atoms with E-state index < -0.39 is 6.03 Å². The van der Waals surface area contributed by atoms with Gasteiger partial charge in [-0.05, 0) is 31.2 Å². The first-order chi connectivity index (χ1) is 11.6. The molecule has 1 heterocycles. The van der Waals surface area contributed by atoms with Crippen molar-refractivity contribution in [3.63, 3.8) is 0 Å². The van der Waals surface area contributed by atoms with Crippen LogP contribution in [-0.4, -0.2) is 18.4 Å². The molecule has 0 unspecified atom stereocenters. The van der Waals surface area contributed by atoms with E-state index in [1.165, 1.54) is 0 Å². The molecular weight excluding hydrogens is 304 g/mol. The summed E-state index contributed by atoms with van der Waals surface area (Å²) < 4.78 is 0. The van der Waals surface area contributed by atoms with Gasteiger partial charge in [0, 0.05) is 0 Å². The van der Waals surface area contributed by atoms with Crippen molar-refractivity contribution in [1.29, 1.82) is 0 Å². The molecule has 0 saturated heterocycles. The average Bonchev–Trinajstić information content (AvgIpc) is 2.59. The van der Waals surface area contributed by atoms with Gasteiger partial charge in [-0.25, -0.2) is 4.79 Å². The first kappa shape index (κ1) is 15.6. The van der Waals surface area contributed by atoms with Gasteiger partial charge in [-0.15, -0.1) is 0 Å². The fourth-order valence-electron chi connectivity index (χ4n) is 2.77. The van der Waals surface area contributed by atoms with E-state index in [0.717, 1.165) is 11.4 Å². The molecule has 0 atom stereocenters. The molecule has 3 N–H and O–H groups in total. The fourth-order valence-corrected chi connectivity index (χ4v) is 2.77. The minimum atomic E-state index is -0.751. The van der Waals surface area contributed by atoms with Crippen molar-refractivity contribution in [2.45, 2.75) is 6.92 Å². The molecule has 0 fully saturated rings. The molecule has 0 aliphatic carbocycles. The van der Waals surface area contributed by atoms with E-state index in [-0.39, 0.29) is 18.0 Å². The Morgan fingerprint density at radius 1 is 1.00 bits per heavy atom. The molecule has 1 aliphatic heterocycles. The SMILES string of the molecule is CC1=C(NC(N)=O)C(=O)CN(c2ccccc2)N1c1ccccc1. The second-order valence-electron chi connectivity index (χ2n) is 5.41. The molecular formula is C18H18N4O2. The fraction of sp³-hybridized carbons (Fsp3) is 0.111. The highest BCUT2D eigenvalue weighted by molar-refractivity contribution is 6.04. The summed E-state index contributed by atoms with van der Waals surface area (Å²) in [5.74, 6) is -0.192. The zero-order chi connectivity index (χ0) is 17.1. The molecule has 1 aliphatic rings. The van der Waals surface area contributed by atoms with E-state index in [9.17, 15) is 9.59 Å². The second-order valence-corrected chi connectivity index (χ2v) is 5.41. The van der Waals surface area contributed by atoms with Crippen molar-refractivity contribution < 1.29 is 9.59 Å². The zero-order valence-electron chi connectivity index (χ0n) is 13.3. The summed E-state index contributed by atoms with van der Waals surface area (Å²) in [6.07, 6.45) is 0. The molecule has 6 nitrogen and oxygen atoms in total. The van der Waals surface area contributed by atoms with Crippen LogP contribution in [0.1, 0.15) is 6.92 Å². The van der Waals surface area contributed by atoms with Crippen LogP contribution in [0.5, 0.6) is 0 Å². The lowest BCUT2D eigenvalue weighted by Crippen LogP contribution is -2.52. The van der Waals surface area contributed by atoms with Gasteiger partial charge in [-0.2, -0.15) is 0 Å². The first-order valence-electron chi connectivity index (χ1n) is 7.56. The third-order valence-electron chi connectivity index (χ3n) is 3.80. The highest BCUT2D eigenvalue weighted by Gasteiger charge is 2.31. The number of amides is 2. The minimum Gasteiger partial charge on any atom is -0.351 e. The number of carbonyl (C=O) groups is 2. The topological polar surface area (TPSA) is 78.7 Å². The summed E-state index contributed by atoms with van der Waals surface area (Å²) in [6.45, 7) is 1.89. The number of hydrogen-bond donors (Lipinski definition) is 2. The number of benzene rings is 2. The smallest absolute Gasteiger partial charge is 0.316 e. The van der Waals surface area contributed by atoms with Crippen LogP contribution in [0.3, 0.4) is 0 Å². The Bertz CT molecular complexity index is 787. The summed E-state index contributed by atoms with van der Waals surface area (Å²) >= 11 is 0. The van der Waals surface area contributed by atoms with E-state index >= 15 is 0 Å². The number of urea groups is 1. The molecule has 2 aromatic rings. The second kappa shape index (κ2) is 6.45. The number of primary amides is 1. The number of hydrazine groups is 1. The Kier molecular flexibility index (Phi) is 4.20. The molecule has 122 valence electrons. The van der Waals surface area contributed by atoms with Crippen molar-refractivity contribution in [3.05, 3.63) is 72.1 Å². The maximum absolute atomic E-state index is 12.5. The van der Waals surface area contributed by atoms with E-state index in [4.69, 9.17) is 5.73 Å². The highest BCUT2D eigenvalue weighted by atomic mass is 16.2. The standard InChI is InChI=1S/C18H18N4O2/c1-13-17(20-18(19)24)16(23)12-21(14-8-4-2-5-9-14)22(13)15-10-6-3-7-11-15/h2-11H,12H2,1H3,(H3,19,20,24). The van der Waals surface area contributed by atoms with E-state index in [1.807, 2.05) is 70.7 Å². The lowest BCUT2D eigenvalue weighted by Gasteiger charge is -2.42.